The number of hydrogen-bond acceptors (Lipinski definition) is 4. The van der Waals surface area contributed by atoms with Crippen LogP contribution in [-0.4, -0.2) is 18.5 Å². The van der Waals surface area contributed by atoms with Gasteiger partial charge in [-0.05, 0) is 52.9 Å². The molecule has 0 atom stereocenters. The van der Waals surface area contributed by atoms with Crippen LogP contribution >= 0.6 is 0 Å². The zero-order chi connectivity index (χ0) is 22.9. The SMILES string of the molecule is C=CC(=O)Oc1ccc(-c2ccc(-c3ccc(C=CCOC(=O)C(=C)C)cc3)cc2)cc1. The fraction of sp³-hybridized carbons (Fsp3) is 0.0714. The Morgan fingerprint density at radius 2 is 1.28 bits per heavy atom. The largest absolute Gasteiger partial charge is 0.458 e. The molecule has 3 rings (SSSR count). The highest BCUT2D eigenvalue weighted by molar-refractivity contribution is 5.87. The number of rotatable bonds is 8. The van der Waals surface area contributed by atoms with Gasteiger partial charge in [0.2, 0.25) is 0 Å². The molecule has 0 aliphatic carbocycles. The number of hydrogen-bond donors (Lipinski definition) is 0. The van der Waals surface area contributed by atoms with Gasteiger partial charge < -0.3 is 9.47 Å². The van der Waals surface area contributed by atoms with E-state index in [4.69, 9.17) is 9.47 Å². The molecule has 0 saturated carbocycles. The molecule has 0 aromatic heterocycles. The Morgan fingerprint density at radius 3 is 1.75 bits per heavy atom. The van der Waals surface area contributed by atoms with E-state index in [0.717, 1.165) is 33.9 Å². The lowest BCUT2D eigenvalue weighted by molar-refractivity contribution is -0.137. The zero-order valence-electron chi connectivity index (χ0n) is 17.9. The number of carbonyl (C=O) groups excluding carboxylic acids is 2. The maximum Gasteiger partial charge on any atom is 0.335 e. The Morgan fingerprint density at radius 1 is 0.812 bits per heavy atom. The number of carbonyl (C=O) groups is 2. The second-order valence-corrected chi connectivity index (χ2v) is 7.13. The first-order valence-corrected chi connectivity index (χ1v) is 10.1. The number of esters is 2. The van der Waals surface area contributed by atoms with E-state index in [1.165, 1.54) is 0 Å². The van der Waals surface area contributed by atoms with Crippen LogP contribution in [0.25, 0.3) is 28.3 Å². The maximum absolute atomic E-state index is 11.4. The topological polar surface area (TPSA) is 52.6 Å². The van der Waals surface area contributed by atoms with Crippen molar-refractivity contribution in [3.63, 3.8) is 0 Å². The van der Waals surface area contributed by atoms with Gasteiger partial charge in [0.25, 0.3) is 0 Å². The maximum atomic E-state index is 11.4. The summed E-state index contributed by atoms with van der Waals surface area (Å²) in [5.41, 5.74) is 5.72. The van der Waals surface area contributed by atoms with E-state index in [0.29, 0.717) is 11.3 Å². The first-order valence-electron chi connectivity index (χ1n) is 10.1. The summed E-state index contributed by atoms with van der Waals surface area (Å²) >= 11 is 0. The van der Waals surface area contributed by atoms with Gasteiger partial charge in [0, 0.05) is 11.6 Å². The summed E-state index contributed by atoms with van der Waals surface area (Å²) in [5, 5.41) is 0. The van der Waals surface area contributed by atoms with Gasteiger partial charge in [0.15, 0.2) is 0 Å². The average Bonchev–Trinajstić information content (AvgIpc) is 2.82. The smallest absolute Gasteiger partial charge is 0.335 e. The Balaban J connectivity index is 1.62. The molecule has 0 amide bonds. The van der Waals surface area contributed by atoms with Gasteiger partial charge in [-0.25, -0.2) is 9.59 Å². The lowest BCUT2D eigenvalue weighted by Gasteiger charge is -2.07. The normalized spacial score (nSPS) is 10.5. The Hall–Kier alpha value is -4.18. The molecule has 0 aliphatic rings. The summed E-state index contributed by atoms with van der Waals surface area (Å²) in [5.74, 6) is -0.381. The van der Waals surface area contributed by atoms with Crippen molar-refractivity contribution in [2.45, 2.75) is 6.92 Å². The molecule has 4 nitrogen and oxygen atoms in total. The molecule has 160 valence electrons. The second kappa shape index (κ2) is 10.7. The van der Waals surface area contributed by atoms with E-state index in [1.54, 1.807) is 25.1 Å². The van der Waals surface area contributed by atoms with Crippen LogP contribution in [0, 0.1) is 0 Å². The molecule has 0 spiro atoms. The van der Waals surface area contributed by atoms with Crippen molar-refractivity contribution in [3.05, 3.63) is 109 Å². The highest BCUT2D eigenvalue weighted by Crippen LogP contribution is 2.26. The molecule has 0 radical (unpaired) electrons. The fourth-order valence-corrected chi connectivity index (χ4v) is 2.95. The highest BCUT2D eigenvalue weighted by Gasteiger charge is 2.04. The van der Waals surface area contributed by atoms with Gasteiger partial charge in [-0.1, -0.05) is 79.9 Å². The highest BCUT2D eigenvalue weighted by atomic mass is 16.5. The van der Waals surface area contributed by atoms with Crippen LogP contribution in [-0.2, 0) is 14.3 Å². The fourth-order valence-electron chi connectivity index (χ4n) is 2.95. The summed E-state index contributed by atoms with van der Waals surface area (Å²) in [6.07, 6.45) is 4.85. The summed E-state index contributed by atoms with van der Waals surface area (Å²) in [6, 6.07) is 23.7. The molecule has 0 heterocycles. The molecule has 0 saturated heterocycles. The van der Waals surface area contributed by atoms with E-state index >= 15 is 0 Å². The van der Waals surface area contributed by atoms with Crippen molar-refractivity contribution >= 4 is 18.0 Å². The number of benzene rings is 3. The summed E-state index contributed by atoms with van der Waals surface area (Å²) in [4.78, 5) is 22.6. The molecule has 0 N–H and O–H groups in total. The molecule has 0 unspecified atom stereocenters. The summed E-state index contributed by atoms with van der Waals surface area (Å²) in [7, 11) is 0. The predicted octanol–water partition coefficient (Wildman–Crippen LogP) is 6.24. The summed E-state index contributed by atoms with van der Waals surface area (Å²) in [6.45, 7) is 8.78. The molecule has 4 heteroatoms. The van der Waals surface area contributed by atoms with Crippen molar-refractivity contribution in [1.82, 2.24) is 0 Å². The van der Waals surface area contributed by atoms with Crippen LogP contribution in [0.2, 0.25) is 0 Å². The van der Waals surface area contributed by atoms with Crippen molar-refractivity contribution in [1.29, 1.82) is 0 Å². The average molecular weight is 424 g/mol. The van der Waals surface area contributed by atoms with E-state index in [2.05, 4.69) is 49.6 Å². The minimum Gasteiger partial charge on any atom is -0.458 e. The molecule has 0 bridgehead atoms. The minimum absolute atomic E-state index is 0.215. The third-order valence-electron chi connectivity index (χ3n) is 4.67. The van der Waals surface area contributed by atoms with E-state index in [1.807, 2.05) is 30.3 Å². The van der Waals surface area contributed by atoms with E-state index in [-0.39, 0.29) is 12.6 Å². The standard InChI is InChI=1S/C28H24O4/c1-4-27(29)32-26-17-15-25(16-18-26)24-13-11-23(12-14-24)22-9-7-21(8-10-22)6-5-19-31-28(30)20(2)3/h4-18H,1-2,19H2,3H3. The second-order valence-electron chi connectivity index (χ2n) is 7.13. The third kappa shape index (κ3) is 6.16. The molecule has 3 aromatic carbocycles. The van der Waals surface area contributed by atoms with Crippen molar-refractivity contribution in [2.75, 3.05) is 6.61 Å². The molecule has 32 heavy (non-hydrogen) atoms. The van der Waals surface area contributed by atoms with Crippen molar-refractivity contribution < 1.29 is 19.1 Å². The van der Waals surface area contributed by atoms with Crippen LogP contribution < -0.4 is 4.74 Å². The van der Waals surface area contributed by atoms with Crippen LogP contribution in [0.4, 0.5) is 0 Å². The van der Waals surface area contributed by atoms with Gasteiger partial charge in [-0.2, -0.15) is 0 Å². The third-order valence-corrected chi connectivity index (χ3v) is 4.67. The Bertz CT molecular complexity index is 1140. The first kappa shape index (κ1) is 22.5. The molecule has 0 aliphatic heterocycles. The molecular formula is C28H24O4. The monoisotopic (exact) mass is 424 g/mol. The quantitative estimate of drug-likeness (QED) is 0.244. The van der Waals surface area contributed by atoms with Gasteiger partial charge in [-0.15, -0.1) is 0 Å². The lowest BCUT2D eigenvalue weighted by Crippen LogP contribution is -2.04. The first-order chi connectivity index (χ1) is 15.5. The van der Waals surface area contributed by atoms with Gasteiger partial charge in [0.05, 0.1) is 0 Å². The van der Waals surface area contributed by atoms with Crippen molar-refractivity contribution in [3.8, 4) is 28.0 Å². The van der Waals surface area contributed by atoms with Crippen LogP contribution in [0.3, 0.4) is 0 Å². The lowest BCUT2D eigenvalue weighted by atomic mass is 9.99. The van der Waals surface area contributed by atoms with E-state index in [9.17, 15) is 9.59 Å². The molecular weight excluding hydrogens is 400 g/mol. The van der Waals surface area contributed by atoms with Gasteiger partial charge in [-0.3, -0.25) is 0 Å². The Kier molecular flexibility index (Phi) is 7.55. The van der Waals surface area contributed by atoms with Crippen LogP contribution in [0.1, 0.15) is 12.5 Å². The van der Waals surface area contributed by atoms with Crippen LogP contribution in [0.5, 0.6) is 5.75 Å². The molecule has 3 aromatic rings. The minimum atomic E-state index is -0.477. The Labute approximate surface area is 188 Å². The van der Waals surface area contributed by atoms with Crippen molar-refractivity contribution in [2.24, 2.45) is 0 Å². The van der Waals surface area contributed by atoms with Gasteiger partial charge >= 0.3 is 11.9 Å². The number of ether oxygens (including phenoxy) is 2. The molecule has 0 fully saturated rings. The summed E-state index contributed by atoms with van der Waals surface area (Å²) < 4.78 is 10.1. The van der Waals surface area contributed by atoms with Gasteiger partial charge in [0.1, 0.15) is 12.4 Å². The van der Waals surface area contributed by atoms with E-state index < -0.39 is 5.97 Å². The zero-order valence-corrected chi connectivity index (χ0v) is 17.9. The van der Waals surface area contributed by atoms with Crippen LogP contribution in [0.15, 0.2) is 104 Å². The predicted molar refractivity (Wildman–Crippen MR) is 128 cm³/mol.